The van der Waals surface area contributed by atoms with Crippen molar-refractivity contribution in [3.05, 3.63) is 83.0 Å². The lowest BCUT2D eigenvalue weighted by Crippen LogP contribution is -2.30. The molecule has 3 aromatic rings. The molecule has 6 nitrogen and oxygen atoms in total. The number of hydrogen-bond acceptors (Lipinski definition) is 5. The molecule has 0 radical (unpaired) electrons. The average molecular weight is 417 g/mol. The number of halogens is 2. The van der Waals surface area contributed by atoms with Gasteiger partial charge in [-0.1, -0.05) is 23.7 Å². The van der Waals surface area contributed by atoms with Gasteiger partial charge in [-0.05, 0) is 49.4 Å². The van der Waals surface area contributed by atoms with Gasteiger partial charge in [0, 0.05) is 10.7 Å². The number of rotatable bonds is 7. The Balaban J connectivity index is 1.63. The van der Waals surface area contributed by atoms with E-state index in [1.807, 2.05) is 0 Å². The molecule has 1 atom stereocenters. The zero-order valence-electron chi connectivity index (χ0n) is 15.4. The molecule has 8 heteroatoms. The largest absolute Gasteiger partial charge is 0.467 e. The first kappa shape index (κ1) is 20.4. The van der Waals surface area contributed by atoms with Gasteiger partial charge in [-0.3, -0.25) is 4.79 Å². The van der Waals surface area contributed by atoms with Crippen LogP contribution in [-0.4, -0.2) is 18.0 Å². The lowest BCUT2D eigenvalue weighted by Gasteiger charge is -2.16. The van der Waals surface area contributed by atoms with Gasteiger partial charge in [-0.15, -0.1) is 0 Å². The maximum atomic E-state index is 13.8. The van der Waals surface area contributed by atoms with Crippen molar-refractivity contribution in [3.63, 3.8) is 0 Å². The third-order valence-electron chi connectivity index (χ3n) is 4.02. The van der Waals surface area contributed by atoms with Gasteiger partial charge in [0.25, 0.3) is 5.91 Å². The van der Waals surface area contributed by atoms with Crippen molar-refractivity contribution in [3.8, 4) is 0 Å². The fourth-order valence-electron chi connectivity index (χ4n) is 2.51. The van der Waals surface area contributed by atoms with Crippen LogP contribution >= 0.6 is 11.6 Å². The average Bonchev–Trinajstić information content (AvgIpc) is 3.22. The minimum absolute atomic E-state index is 0.0530. The zero-order chi connectivity index (χ0) is 20.8. The van der Waals surface area contributed by atoms with Crippen LogP contribution in [0.25, 0.3) is 0 Å². The van der Waals surface area contributed by atoms with Crippen LogP contribution in [0, 0.1) is 5.82 Å². The summed E-state index contributed by atoms with van der Waals surface area (Å²) in [6, 6.07) is 14.2. The van der Waals surface area contributed by atoms with E-state index in [-0.39, 0.29) is 16.3 Å². The number of hydrogen-bond donors (Lipinski definition) is 2. The summed E-state index contributed by atoms with van der Waals surface area (Å²) in [5.74, 6) is -1.34. The second-order valence-electron chi connectivity index (χ2n) is 6.14. The van der Waals surface area contributed by atoms with E-state index in [1.165, 1.54) is 19.1 Å². The normalized spacial score (nSPS) is 11.6. The molecule has 150 valence electrons. The molecule has 3 rings (SSSR count). The van der Waals surface area contributed by atoms with Crippen molar-refractivity contribution in [2.24, 2.45) is 0 Å². The second kappa shape index (κ2) is 9.25. The van der Waals surface area contributed by atoms with Gasteiger partial charge in [0.2, 0.25) is 0 Å². The highest BCUT2D eigenvalue weighted by molar-refractivity contribution is 6.30. The van der Waals surface area contributed by atoms with E-state index in [0.717, 1.165) is 6.07 Å². The number of amides is 1. The summed E-state index contributed by atoms with van der Waals surface area (Å²) in [5.41, 5.74) is 0.740. The highest BCUT2D eigenvalue weighted by Gasteiger charge is 2.21. The highest BCUT2D eigenvalue weighted by Crippen LogP contribution is 2.21. The molecule has 1 heterocycles. The number of furan rings is 1. The molecule has 0 saturated carbocycles. The van der Waals surface area contributed by atoms with Crippen LogP contribution in [0.1, 0.15) is 23.0 Å². The molecule has 0 unspecified atom stereocenters. The van der Waals surface area contributed by atoms with Gasteiger partial charge in [0.15, 0.2) is 6.10 Å². The summed E-state index contributed by atoms with van der Waals surface area (Å²) >= 11 is 5.69. The van der Waals surface area contributed by atoms with E-state index in [1.54, 1.807) is 42.7 Å². The molecule has 0 aliphatic heterocycles. The Kier molecular flexibility index (Phi) is 6.51. The predicted octanol–water partition coefficient (Wildman–Crippen LogP) is 4.87. The molecule has 0 aliphatic rings. The van der Waals surface area contributed by atoms with Crippen LogP contribution in [0.4, 0.5) is 15.8 Å². The Morgan fingerprint density at radius 1 is 1.14 bits per heavy atom. The molecule has 29 heavy (non-hydrogen) atoms. The Hall–Kier alpha value is -3.32. The number of esters is 1. The van der Waals surface area contributed by atoms with Crippen LogP contribution in [0.15, 0.2) is 65.3 Å². The van der Waals surface area contributed by atoms with Gasteiger partial charge in [-0.25, -0.2) is 9.18 Å². The number of anilines is 2. The van der Waals surface area contributed by atoms with Crippen LogP contribution in [0.3, 0.4) is 0 Å². The number of benzene rings is 2. The first-order chi connectivity index (χ1) is 13.9. The molecule has 2 aromatic carbocycles. The molecule has 1 amide bonds. The fraction of sp³-hybridized carbons (Fsp3) is 0.143. The molecule has 0 bridgehead atoms. The van der Waals surface area contributed by atoms with Crippen LogP contribution in [-0.2, 0) is 16.1 Å². The molecular formula is C21H18ClFN2O4. The highest BCUT2D eigenvalue weighted by atomic mass is 35.5. The van der Waals surface area contributed by atoms with Crippen molar-refractivity contribution in [1.82, 2.24) is 0 Å². The molecule has 0 aliphatic carbocycles. The van der Waals surface area contributed by atoms with E-state index in [4.69, 9.17) is 20.8 Å². The predicted molar refractivity (Wildman–Crippen MR) is 107 cm³/mol. The Morgan fingerprint density at radius 3 is 2.66 bits per heavy atom. The van der Waals surface area contributed by atoms with Crippen molar-refractivity contribution in [1.29, 1.82) is 0 Å². The van der Waals surface area contributed by atoms with E-state index >= 15 is 0 Å². The molecule has 0 spiro atoms. The molecule has 0 fully saturated rings. The van der Waals surface area contributed by atoms with Crippen molar-refractivity contribution >= 4 is 34.9 Å². The minimum atomic E-state index is -1.14. The Morgan fingerprint density at radius 2 is 1.93 bits per heavy atom. The first-order valence-corrected chi connectivity index (χ1v) is 9.14. The number of para-hydroxylation sites is 1. The van der Waals surface area contributed by atoms with Gasteiger partial charge >= 0.3 is 5.97 Å². The van der Waals surface area contributed by atoms with E-state index in [2.05, 4.69) is 10.6 Å². The third-order valence-corrected chi connectivity index (χ3v) is 4.26. The van der Waals surface area contributed by atoms with Crippen molar-refractivity contribution in [2.45, 2.75) is 19.6 Å². The maximum Gasteiger partial charge on any atom is 0.341 e. The SMILES string of the molecule is C[C@H](OC(=O)c1ccccc1NCc1ccco1)C(=O)Nc1ccc(Cl)cc1F. The van der Waals surface area contributed by atoms with Crippen molar-refractivity contribution < 1.29 is 23.1 Å². The molecule has 0 saturated heterocycles. The topological polar surface area (TPSA) is 80.6 Å². The number of carbonyl (C=O) groups excluding carboxylic acids is 2. The smallest absolute Gasteiger partial charge is 0.341 e. The summed E-state index contributed by atoms with van der Waals surface area (Å²) < 4.78 is 24.3. The Labute approximate surface area is 171 Å². The van der Waals surface area contributed by atoms with E-state index in [0.29, 0.717) is 18.0 Å². The Bertz CT molecular complexity index is 1010. The molecule has 1 aromatic heterocycles. The van der Waals surface area contributed by atoms with Crippen LogP contribution < -0.4 is 10.6 Å². The third kappa shape index (κ3) is 5.36. The quantitative estimate of drug-likeness (QED) is 0.537. The number of ether oxygens (including phenoxy) is 1. The standard InChI is InChI=1S/C21H18ClFN2O4/c1-13(20(26)25-19-9-8-14(22)11-17(19)23)29-21(27)16-6-2-3-7-18(16)24-12-15-5-4-10-28-15/h2-11,13,24H,12H2,1H3,(H,25,26)/t13-/m0/s1. The van der Waals surface area contributed by atoms with E-state index < -0.39 is 23.8 Å². The van der Waals surface area contributed by atoms with Gasteiger partial charge in [0.1, 0.15) is 11.6 Å². The lowest BCUT2D eigenvalue weighted by atomic mass is 10.1. The van der Waals surface area contributed by atoms with Crippen LogP contribution in [0.2, 0.25) is 5.02 Å². The number of carbonyl (C=O) groups is 2. The van der Waals surface area contributed by atoms with Gasteiger partial charge < -0.3 is 19.8 Å². The lowest BCUT2D eigenvalue weighted by molar-refractivity contribution is -0.123. The van der Waals surface area contributed by atoms with Gasteiger partial charge in [-0.2, -0.15) is 0 Å². The molecular weight excluding hydrogens is 399 g/mol. The fourth-order valence-corrected chi connectivity index (χ4v) is 2.67. The monoisotopic (exact) mass is 416 g/mol. The summed E-state index contributed by atoms with van der Waals surface area (Å²) in [4.78, 5) is 24.8. The molecule has 2 N–H and O–H groups in total. The summed E-state index contributed by atoms with van der Waals surface area (Å²) in [5, 5.41) is 5.68. The summed E-state index contributed by atoms with van der Waals surface area (Å²) in [7, 11) is 0. The van der Waals surface area contributed by atoms with E-state index in [9.17, 15) is 14.0 Å². The van der Waals surface area contributed by atoms with Gasteiger partial charge in [0.05, 0.1) is 24.1 Å². The maximum absolute atomic E-state index is 13.8. The first-order valence-electron chi connectivity index (χ1n) is 8.76. The second-order valence-corrected chi connectivity index (χ2v) is 6.58. The number of nitrogens with one attached hydrogen (secondary N) is 2. The summed E-state index contributed by atoms with van der Waals surface area (Å²) in [6.07, 6.45) is 0.414. The zero-order valence-corrected chi connectivity index (χ0v) is 16.2. The van der Waals surface area contributed by atoms with Crippen molar-refractivity contribution in [2.75, 3.05) is 10.6 Å². The van der Waals surface area contributed by atoms with Crippen LogP contribution in [0.5, 0.6) is 0 Å². The summed E-state index contributed by atoms with van der Waals surface area (Å²) in [6.45, 7) is 1.78. The minimum Gasteiger partial charge on any atom is -0.467 e.